The van der Waals surface area contributed by atoms with Crippen LogP contribution < -0.4 is 10.2 Å². The molecule has 0 aliphatic carbocycles. The molecule has 1 saturated heterocycles. The molecule has 1 amide bonds. The first-order chi connectivity index (χ1) is 14.1. The van der Waals surface area contributed by atoms with Crippen LogP contribution in [0.25, 0.3) is 0 Å². The number of halogens is 6. The van der Waals surface area contributed by atoms with Gasteiger partial charge in [0.25, 0.3) is 5.91 Å². The first kappa shape index (κ1) is 22.3. The van der Waals surface area contributed by atoms with Crippen LogP contribution in [0.4, 0.5) is 33.3 Å². The number of amides is 1. The van der Waals surface area contributed by atoms with Crippen molar-refractivity contribution in [3.8, 4) is 0 Å². The second-order valence-electron chi connectivity index (χ2n) is 6.91. The van der Waals surface area contributed by atoms with E-state index in [-0.39, 0.29) is 6.54 Å². The smallest absolute Gasteiger partial charge is 0.367 e. The summed E-state index contributed by atoms with van der Waals surface area (Å²) in [7, 11) is 0. The van der Waals surface area contributed by atoms with Crippen LogP contribution in [0, 0.1) is 11.6 Å². The van der Waals surface area contributed by atoms with Gasteiger partial charge in [-0.05, 0) is 30.3 Å². The summed E-state index contributed by atoms with van der Waals surface area (Å²) in [5.41, 5.74) is 0.466. The van der Waals surface area contributed by atoms with Gasteiger partial charge in [0.1, 0.15) is 0 Å². The molecule has 3 rings (SSSR count). The lowest BCUT2D eigenvalue weighted by atomic mass is 10.1. The van der Waals surface area contributed by atoms with Crippen molar-refractivity contribution in [2.45, 2.75) is 12.6 Å². The summed E-state index contributed by atoms with van der Waals surface area (Å²) in [6.45, 7) is 1.60. The van der Waals surface area contributed by atoms with Gasteiger partial charge in [0, 0.05) is 37.7 Å². The Morgan fingerprint density at radius 1 is 1.07 bits per heavy atom. The van der Waals surface area contributed by atoms with Crippen molar-refractivity contribution < 1.29 is 26.7 Å². The standard InChI is InChI=1S/C20H19ClF5N3O/c21-13-4-5-16(27-19(30)14-2-1-3-15(22)18(14)23)17(12-13)29-10-8-28(9-11-29)7-6-20(24,25)26/h1-5,12H,6-11H2,(H,27,30). The zero-order chi connectivity index (χ0) is 21.9. The fourth-order valence-corrected chi connectivity index (χ4v) is 3.40. The SMILES string of the molecule is O=C(Nc1ccc(Cl)cc1N1CCN(CCC(F)(F)F)CC1)c1cccc(F)c1F. The number of hydrogen-bond donors (Lipinski definition) is 1. The number of hydrogen-bond acceptors (Lipinski definition) is 3. The summed E-state index contributed by atoms with van der Waals surface area (Å²) in [5.74, 6) is -3.20. The molecule has 0 saturated carbocycles. The number of piperazine rings is 1. The van der Waals surface area contributed by atoms with Crippen molar-refractivity contribution in [3.63, 3.8) is 0 Å². The molecule has 0 aromatic heterocycles. The Labute approximate surface area is 175 Å². The van der Waals surface area contributed by atoms with Crippen LogP contribution in [0.15, 0.2) is 36.4 Å². The van der Waals surface area contributed by atoms with Gasteiger partial charge in [-0.15, -0.1) is 0 Å². The van der Waals surface area contributed by atoms with Crippen LogP contribution in [0.5, 0.6) is 0 Å². The molecule has 1 heterocycles. The molecular weight excluding hydrogens is 429 g/mol. The first-order valence-electron chi connectivity index (χ1n) is 9.23. The van der Waals surface area contributed by atoms with Crippen LogP contribution in [0.1, 0.15) is 16.8 Å². The van der Waals surface area contributed by atoms with Gasteiger partial charge in [0.2, 0.25) is 0 Å². The maximum atomic E-state index is 13.9. The molecule has 0 atom stereocenters. The van der Waals surface area contributed by atoms with Gasteiger partial charge in [0.15, 0.2) is 11.6 Å². The lowest BCUT2D eigenvalue weighted by Gasteiger charge is -2.37. The minimum absolute atomic E-state index is 0.0741. The summed E-state index contributed by atoms with van der Waals surface area (Å²) < 4.78 is 64.6. The van der Waals surface area contributed by atoms with Gasteiger partial charge in [-0.3, -0.25) is 9.69 Å². The number of alkyl halides is 3. The van der Waals surface area contributed by atoms with Gasteiger partial charge < -0.3 is 10.2 Å². The molecule has 2 aromatic rings. The molecule has 1 fully saturated rings. The maximum absolute atomic E-state index is 13.9. The summed E-state index contributed by atoms with van der Waals surface area (Å²) in [5, 5.41) is 2.97. The Bertz CT molecular complexity index is 914. The lowest BCUT2D eigenvalue weighted by molar-refractivity contribution is -0.138. The highest BCUT2D eigenvalue weighted by molar-refractivity contribution is 6.31. The largest absolute Gasteiger partial charge is 0.390 e. The molecule has 162 valence electrons. The van der Waals surface area contributed by atoms with E-state index in [1.807, 2.05) is 4.90 Å². The Hall–Kier alpha value is -2.39. The van der Waals surface area contributed by atoms with E-state index < -0.39 is 35.7 Å². The first-order valence-corrected chi connectivity index (χ1v) is 9.61. The zero-order valence-electron chi connectivity index (χ0n) is 15.8. The summed E-state index contributed by atoms with van der Waals surface area (Å²) in [4.78, 5) is 16.1. The quantitative estimate of drug-likeness (QED) is 0.659. The van der Waals surface area contributed by atoms with E-state index in [1.165, 1.54) is 12.1 Å². The van der Waals surface area contributed by atoms with E-state index in [2.05, 4.69) is 5.32 Å². The molecule has 0 radical (unpaired) electrons. The summed E-state index contributed by atoms with van der Waals surface area (Å²) in [6.07, 6.45) is -5.07. The van der Waals surface area contributed by atoms with E-state index in [0.717, 1.165) is 6.07 Å². The predicted molar refractivity (Wildman–Crippen MR) is 105 cm³/mol. The van der Waals surface area contributed by atoms with E-state index in [9.17, 15) is 26.7 Å². The zero-order valence-corrected chi connectivity index (χ0v) is 16.5. The molecule has 1 aliphatic rings. The Morgan fingerprint density at radius 3 is 2.43 bits per heavy atom. The summed E-state index contributed by atoms with van der Waals surface area (Å²) in [6, 6.07) is 8.02. The molecule has 1 aliphatic heterocycles. The van der Waals surface area contributed by atoms with Gasteiger partial charge in [-0.2, -0.15) is 13.2 Å². The van der Waals surface area contributed by atoms with E-state index in [0.29, 0.717) is 42.6 Å². The van der Waals surface area contributed by atoms with Crippen LogP contribution in [-0.2, 0) is 0 Å². The normalized spacial score (nSPS) is 15.3. The molecule has 0 unspecified atom stereocenters. The third-order valence-electron chi connectivity index (χ3n) is 4.83. The van der Waals surface area contributed by atoms with Crippen molar-refractivity contribution >= 4 is 28.9 Å². The molecular formula is C20H19ClF5N3O. The fourth-order valence-electron chi connectivity index (χ4n) is 3.24. The van der Waals surface area contributed by atoms with E-state index >= 15 is 0 Å². The number of benzene rings is 2. The van der Waals surface area contributed by atoms with Crippen LogP contribution >= 0.6 is 11.6 Å². The van der Waals surface area contributed by atoms with E-state index in [4.69, 9.17) is 11.6 Å². The molecule has 1 N–H and O–H groups in total. The van der Waals surface area contributed by atoms with Crippen molar-refractivity contribution in [1.29, 1.82) is 0 Å². The Balaban J connectivity index is 1.72. The number of carbonyl (C=O) groups excluding carboxylic acids is 1. The predicted octanol–water partition coefficient (Wildman–Crippen LogP) is 4.94. The van der Waals surface area contributed by atoms with Gasteiger partial charge >= 0.3 is 6.18 Å². The highest BCUT2D eigenvalue weighted by Crippen LogP contribution is 2.31. The second-order valence-corrected chi connectivity index (χ2v) is 7.35. The number of rotatable bonds is 5. The highest BCUT2D eigenvalue weighted by atomic mass is 35.5. The van der Waals surface area contributed by atoms with E-state index in [1.54, 1.807) is 23.1 Å². The van der Waals surface area contributed by atoms with Crippen LogP contribution in [0.2, 0.25) is 5.02 Å². The van der Waals surface area contributed by atoms with Crippen molar-refractivity contribution in [1.82, 2.24) is 4.90 Å². The number of anilines is 2. The maximum Gasteiger partial charge on any atom is 0.390 e. The van der Waals surface area contributed by atoms with Gasteiger partial charge in [-0.25, -0.2) is 8.78 Å². The molecule has 10 heteroatoms. The summed E-state index contributed by atoms with van der Waals surface area (Å²) >= 11 is 6.08. The van der Waals surface area contributed by atoms with Crippen molar-refractivity contribution in [3.05, 3.63) is 58.6 Å². The number of carbonyl (C=O) groups is 1. The van der Waals surface area contributed by atoms with Crippen molar-refractivity contribution in [2.24, 2.45) is 0 Å². The Kier molecular flexibility index (Phi) is 6.82. The minimum atomic E-state index is -4.20. The number of nitrogens with one attached hydrogen (secondary N) is 1. The fraction of sp³-hybridized carbons (Fsp3) is 0.350. The Morgan fingerprint density at radius 2 is 1.77 bits per heavy atom. The highest BCUT2D eigenvalue weighted by Gasteiger charge is 2.29. The van der Waals surface area contributed by atoms with Gasteiger partial charge in [0.05, 0.1) is 23.4 Å². The molecule has 0 bridgehead atoms. The monoisotopic (exact) mass is 447 g/mol. The van der Waals surface area contributed by atoms with Crippen LogP contribution in [0.3, 0.4) is 0 Å². The number of nitrogens with zero attached hydrogens (tertiary/aromatic N) is 2. The molecule has 0 spiro atoms. The lowest BCUT2D eigenvalue weighted by Crippen LogP contribution is -2.47. The topological polar surface area (TPSA) is 35.6 Å². The second kappa shape index (κ2) is 9.18. The third-order valence-corrected chi connectivity index (χ3v) is 5.06. The molecule has 2 aromatic carbocycles. The molecule has 4 nitrogen and oxygen atoms in total. The van der Waals surface area contributed by atoms with Crippen LogP contribution in [-0.4, -0.2) is 49.7 Å². The average Bonchev–Trinajstić information content (AvgIpc) is 2.69. The van der Waals surface area contributed by atoms with Gasteiger partial charge in [-0.1, -0.05) is 17.7 Å². The average molecular weight is 448 g/mol. The molecule has 30 heavy (non-hydrogen) atoms. The minimum Gasteiger partial charge on any atom is -0.367 e. The van der Waals surface area contributed by atoms with Crippen molar-refractivity contribution in [2.75, 3.05) is 42.9 Å². The third kappa shape index (κ3) is 5.60.